The lowest BCUT2D eigenvalue weighted by Gasteiger charge is -1.99. The van der Waals surface area contributed by atoms with Crippen LogP contribution in [-0.4, -0.2) is 4.98 Å². The molecular formula is C10H7N3O. The smallest absolute Gasteiger partial charge is 0.153 e. The van der Waals surface area contributed by atoms with Gasteiger partial charge in [0.2, 0.25) is 0 Å². The molecule has 2 heterocycles. The van der Waals surface area contributed by atoms with Crippen molar-refractivity contribution in [1.82, 2.24) is 4.98 Å². The molecule has 14 heavy (non-hydrogen) atoms. The average Bonchev–Trinajstić information content (AvgIpc) is 2.70. The van der Waals surface area contributed by atoms with Crippen LogP contribution in [0, 0.1) is 11.3 Å². The van der Waals surface area contributed by atoms with E-state index in [1.807, 2.05) is 6.07 Å². The van der Waals surface area contributed by atoms with Crippen molar-refractivity contribution in [1.29, 1.82) is 5.26 Å². The van der Waals surface area contributed by atoms with Gasteiger partial charge in [-0.3, -0.25) is 0 Å². The number of anilines is 1. The second-order valence-corrected chi connectivity index (χ2v) is 2.72. The van der Waals surface area contributed by atoms with E-state index in [0.717, 1.165) is 0 Å². The van der Waals surface area contributed by atoms with Gasteiger partial charge in [0.05, 0.1) is 11.8 Å². The summed E-state index contributed by atoms with van der Waals surface area (Å²) < 4.78 is 5.15. The van der Waals surface area contributed by atoms with Gasteiger partial charge in [-0.15, -0.1) is 0 Å². The van der Waals surface area contributed by atoms with Crippen molar-refractivity contribution in [3.63, 3.8) is 0 Å². The molecule has 0 bridgehead atoms. The Morgan fingerprint density at radius 2 is 2.21 bits per heavy atom. The van der Waals surface area contributed by atoms with Crippen LogP contribution in [0.2, 0.25) is 0 Å². The molecule has 0 saturated carbocycles. The molecule has 0 spiro atoms. The molecule has 2 aromatic rings. The summed E-state index contributed by atoms with van der Waals surface area (Å²) in [6.07, 6.45) is 1.53. The minimum absolute atomic E-state index is 0.371. The maximum Gasteiger partial charge on any atom is 0.153 e. The zero-order chi connectivity index (χ0) is 9.97. The topological polar surface area (TPSA) is 75.8 Å². The van der Waals surface area contributed by atoms with E-state index in [0.29, 0.717) is 22.8 Å². The molecule has 2 aromatic heterocycles. The Morgan fingerprint density at radius 1 is 1.36 bits per heavy atom. The Balaban J connectivity index is 2.63. The molecule has 2 N–H and O–H groups in total. The molecule has 0 saturated heterocycles. The average molecular weight is 185 g/mol. The summed E-state index contributed by atoms with van der Waals surface area (Å²) in [5, 5.41) is 8.84. The summed E-state index contributed by atoms with van der Waals surface area (Å²) >= 11 is 0. The molecule has 0 aliphatic heterocycles. The lowest BCUT2D eigenvalue weighted by molar-refractivity contribution is 0.580. The first-order chi connectivity index (χ1) is 6.81. The van der Waals surface area contributed by atoms with Crippen molar-refractivity contribution in [3.05, 3.63) is 36.1 Å². The van der Waals surface area contributed by atoms with Crippen LogP contribution in [0.5, 0.6) is 0 Å². The number of rotatable bonds is 1. The maximum absolute atomic E-state index is 8.84. The second-order valence-electron chi connectivity index (χ2n) is 2.72. The van der Waals surface area contributed by atoms with Gasteiger partial charge in [0, 0.05) is 0 Å². The molecule has 0 amide bonds. The Hall–Kier alpha value is -2.28. The number of nitrogen functional groups attached to an aromatic ring is 1. The van der Waals surface area contributed by atoms with Crippen LogP contribution in [0.3, 0.4) is 0 Å². The van der Waals surface area contributed by atoms with Gasteiger partial charge in [0.25, 0.3) is 0 Å². The summed E-state index contributed by atoms with van der Waals surface area (Å²) in [6, 6.07) is 8.72. The van der Waals surface area contributed by atoms with E-state index < -0.39 is 0 Å². The Bertz CT molecular complexity index is 483. The van der Waals surface area contributed by atoms with E-state index in [2.05, 4.69) is 4.98 Å². The molecule has 4 heteroatoms. The zero-order valence-corrected chi connectivity index (χ0v) is 7.27. The highest BCUT2D eigenvalue weighted by molar-refractivity contribution is 5.63. The van der Waals surface area contributed by atoms with Crippen LogP contribution in [0.15, 0.2) is 34.9 Å². The highest BCUT2D eigenvalue weighted by atomic mass is 16.3. The van der Waals surface area contributed by atoms with Gasteiger partial charge >= 0.3 is 0 Å². The van der Waals surface area contributed by atoms with Crippen LogP contribution in [0.1, 0.15) is 5.56 Å². The van der Waals surface area contributed by atoms with Gasteiger partial charge in [0.15, 0.2) is 5.76 Å². The van der Waals surface area contributed by atoms with E-state index in [-0.39, 0.29) is 0 Å². The second kappa shape index (κ2) is 3.23. The number of hydrogen-bond acceptors (Lipinski definition) is 4. The minimum Gasteiger partial charge on any atom is -0.463 e. The number of furan rings is 1. The summed E-state index contributed by atoms with van der Waals surface area (Å²) in [6.45, 7) is 0. The molecule has 0 radical (unpaired) electrons. The molecule has 0 fully saturated rings. The number of nitriles is 1. The SMILES string of the molecule is N#Cc1ccc(N)nc1-c1ccco1. The fourth-order valence-electron chi connectivity index (χ4n) is 1.17. The summed E-state index contributed by atoms with van der Waals surface area (Å²) in [5.74, 6) is 0.921. The van der Waals surface area contributed by atoms with Gasteiger partial charge in [-0.05, 0) is 24.3 Å². The monoisotopic (exact) mass is 185 g/mol. The van der Waals surface area contributed by atoms with Crippen LogP contribution in [0.4, 0.5) is 5.82 Å². The lowest BCUT2D eigenvalue weighted by Crippen LogP contribution is -1.94. The summed E-state index contributed by atoms with van der Waals surface area (Å²) in [4.78, 5) is 4.05. The fraction of sp³-hybridized carbons (Fsp3) is 0. The number of nitrogens with zero attached hydrogens (tertiary/aromatic N) is 2. The predicted molar refractivity (Wildman–Crippen MR) is 51.1 cm³/mol. The highest BCUT2D eigenvalue weighted by Gasteiger charge is 2.09. The third-order valence-corrected chi connectivity index (χ3v) is 1.79. The third-order valence-electron chi connectivity index (χ3n) is 1.79. The van der Waals surface area contributed by atoms with Crippen molar-refractivity contribution in [2.45, 2.75) is 0 Å². The number of hydrogen-bond donors (Lipinski definition) is 1. The Labute approximate surface area is 80.6 Å². The predicted octanol–water partition coefficient (Wildman–Crippen LogP) is 1.80. The molecule has 0 unspecified atom stereocenters. The molecular weight excluding hydrogens is 178 g/mol. The summed E-state index contributed by atoms with van der Waals surface area (Å²) in [7, 11) is 0. The molecule has 4 nitrogen and oxygen atoms in total. The van der Waals surface area contributed by atoms with Crippen molar-refractivity contribution in [3.8, 4) is 17.5 Å². The van der Waals surface area contributed by atoms with E-state index in [9.17, 15) is 0 Å². The Morgan fingerprint density at radius 3 is 2.86 bits per heavy atom. The van der Waals surface area contributed by atoms with Crippen LogP contribution >= 0.6 is 0 Å². The molecule has 0 atom stereocenters. The van der Waals surface area contributed by atoms with E-state index in [4.69, 9.17) is 15.4 Å². The quantitative estimate of drug-likeness (QED) is 0.734. The fourth-order valence-corrected chi connectivity index (χ4v) is 1.17. The van der Waals surface area contributed by atoms with Crippen molar-refractivity contribution in [2.75, 3.05) is 5.73 Å². The first kappa shape index (κ1) is 8.32. The zero-order valence-electron chi connectivity index (χ0n) is 7.27. The number of aromatic nitrogens is 1. The lowest BCUT2D eigenvalue weighted by atomic mass is 10.2. The first-order valence-electron chi connectivity index (χ1n) is 4.02. The van der Waals surface area contributed by atoms with E-state index in [1.165, 1.54) is 6.26 Å². The van der Waals surface area contributed by atoms with Gasteiger partial charge < -0.3 is 10.2 Å². The van der Waals surface area contributed by atoms with Gasteiger partial charge in [-0.2, -0.15) is 5.26 Å². The van der Waals surface area contributed by atoms with Crippen LogP contribution in [-0.2, 0) is 0 Å². The third kappa shape index (κ3) is 1.31. The van der Waals surface area contributed by atoms with E-state index in [1.54, 1.807) is 24.3 Å². The van der Waals surface area contributed by atoms with Gasteiger partial charge in [-0.1, -0.05) is 0 Å². The van der Waals surface area contributed by atoms with Gasteiger partial charge in [0.1, 0.15) is 17.6 Å². The molecule has 68 valence electrons. The highest BCUT2D eigenvalue weighted by Crippen LogP contribution is 2.22. The van der Waals surface area contributed by atoms with E-state index >= 15 is 0 Å². The minimum atomic E-state index is 0.371. The Kier molecular flexibility index (Phi) is 1.92. The van der Waals surface area contributed by atoms with Crippen molar-refractivity contribution >= 4 is 5.82 Å². The molecule has 2 rings (SSSR count). The molecule has 0 aliphatic carbocycles. The maximum atomic E-state index is 8.84. The number of pyridine rings is 1. The molecule has 0 aliphatic rings. The standard InChI is InChI=1S/C10H7N3O/c11-6-7-3-4-9(12)13-10(7)8-2-1-5-14-8/h1-5H,(H2,12,13). The normalized spacial score (nSPS) is 9.64. The number of nitrogens with two attached hydrogens (primary N) is 1. The van der Waals surface area contributed by atoms with Crippen molar-refractivity contribution in [2.24, 2.45) is 0 Å². The van der Waals surface area contributed by atoms with Crippen molar-refractivity contribution < 1.29 is 4.42 Å². The summed E-state index contributed by atoms with van der Waals surface area (Å²) in [5.41, 5.74) is 6.46. The van der Waals surface area contributed by atoms with Crippen LogP contribution < -0.4 is 5.73 Å². The van der Waals surface area contributed by atoms with Gasteiger partial charge in [-0.25, -0.2) is 4.98 Å². The first-order valence-corrected chi connectivity index (χ1v) is 4.02. The molecule has 0 aromatic carbocycles. The van der Waals surface area contributed by atoms with Crippen LogP contribution in [0.25, 0.3) is 11.5 Å². The largest absolute Gasteiger partial charge is 0.463 e.